The van der Waals surface area contributed by atoms with Gasteiger partial charge in [0.05, 0.1) is 34.4 Å². The molecule has 0 saturated heterocycles. The number of Topliss-reactive ketones (excluding diaryl/α,β-unsaturated/α-hetero) is 1. The van der Waals surface area contributed by atoms with Crippen LogP contribution < -0.4 is 10.5 Å². The summed E-state index contributed by atoms with van der Waals surface area (Å²) >= 11 is 0. The number of carbonyl (C=O) groups is 1. The summed E-state index contributed by atoms with van der Waals surface area (Å²) in [5, 5.41) is 0. The summed E-state index contributed by atoms with van der Waals surface area (Å²) in [4.78, 5) is 33.6. The number of carbonyl (C=O) groups excluding carboxylic acids is 1. The van der Waals surface area contributed by atoms with Gasteiger partial charge in [-0.2, -0.15) is 0 Å². The Morgan fingerprint density at radius 3 is 2.55 bits per heavy atom. The van der Waals surface area contributed by atoms with Crippen LogP contribution in [0.25, 0.3) is 33.5 Å². The number of benzene rings is 2. The molecule has 5 rings (SSSR count). The second-order valence-electron chi connectivity index (χ2n) is 9.74. The van der Waals surface area contributed by atoms with Crippen LogP contribution in [0.5, 0.6) is 5.75 Å². The Labute approximate surface area is 231 Å². The molecule has 204 valence electrons. The lowest BCUT2D eigenvalue weighted by atomic mass is 10.0. The molecule has 0 radical (unpaired) electrons. The maximum Gasteiger partial charge on any atom is 0.185 e. The number of nitrogens with two attached hydrogens (primary N) is 1. The van der Waals surface area contributed by atoms with Gasteiger partial charge < -0.3 is 19.9 Å². The highest BCUT2D eigenvalue weighted by Crippen LogP contribution is 2.33. The van der Waals surface area contributed by atoms with Gasteiger partial charge in [0.25, 0.3) is 0 Å². The van der Waals surface area contributed by atoms with Gasteiger partial charge >= 0.3 is 0 Å². The van der Waals surface area contributed by atoms with Crippen LogP contribution in [0.4, 0.5) is 10.2 Å². The summed E-state index contributed by atoms with van der Waals surface area (Å²) < 4.78 is 21.5. The second-order valence-corrected chi connectivity index (χ2v) is 9.74. The molecule has 5 aromatic rings. The summed E-state index contributed by atoms with van der Waals surface area (Å²) in [5.41, 5.74) is 11.1. The van der Waals surface area contributed by atoms with Gasteiger partial charge in [-0.1, -0.05) is 6.07 Å². The van der Waals surface area contributed by atoms with Crippen LogP contribution in [0, 0.1) is 5.82 Å². The van der Waals surface area contributed by atoms with Crippen molar-refractivity contribution >= 4 is 22.6 Å². The average molecular weight is 540 g/mol. The predicted octanol–water partition coefficient (Wildman–Crippen LogP) is 4.57. The molecule has 10 heteroatoms. The largest absolute Gasteiger partial charge is 0.490 e. The van der Waals surface area contributed by atoms with E-state index in [9.17, 15) is 9.18 Å². The van der Waals surface area contributed by atoms with Crippen LogP contribution in [-0.2, 0) is 13.5 Å². The minimum atomic E-state index is -0.367. The first-order valence-corrected chi connectivity index (χ1v) is 12.9. The van der Waals surface area contributed by atoms with Gasteiger partial charge in [0.1, 0.15) is 23.9 Å². The zero-order valence-electron chi connectivity index (χ0n) is 22.6. The number of pyridine rings is 1. The van der Waals surface area contributed by atoms with E-state index < -0.39 is 0 Å². The Balaban J connectivity index is 1.48. The van der Waals surface area contributed by atoms with E-state index in [2.05, 4.69) is 15.0 Å². The summed E-state index contributed by atoms with van der Waals surface area (Å²) in [6, 6.07) is 15.3. The lowest BCUT2D eigenvalue weighted by Gasteiger charge is -2.14. The molecular weight excluding hydrogens is 509 g/mol. The third-order valence-corrected chi connectivity index (χ3v) is 6.54. The molecule has 3 aromatic heterocycles. The third-order valence-electron chi connectivity index (χ3n) is 6.54. The van der Waals surface area contributed by atoms with Crippen molar-refractivity contribution in [1.82, 2.24) is 29.4 Å². The van der Waals surface area contributed by atoms with Crippen molar-refractivity contribution in [1.29, 1.82) is 0 Å². The Bertz CT molecular complexity index is 1670. The fourth-order valence-electron chi connectivity index (χ4n) is 4.37. The van der Waals surface area contributed by atoms with Gasteiger partial charge in [-0.15, -0.1) is 0 Å². The van der Waals surface area contributed by atoms with E-state index in [0.29, 0.717) is 41.4 Å². The quantitative estimate of drug-likeness (QED) is 0.257. The molecule has 9 nitrogen and oxygen atoms in total. The zero-order chi connectivity index (χ0) is 28.2. The standard InChI is InChI=1S/C30H30FN7O2/c1-37(2)15-16-40-26-5-4-14-33-23(26)12-13-25(39)29-30(32)36-27(19-6-9-21(31)10-7-19)28(35-29)20-8-11-22-24(17-20)38(3)18-34-22/h4-11,14,17-18H,12-13,15-16H2,1-3H3,(H2,32,36). The molecule has 0 atom stereocenters. The Morgan fingerprint density at radius 1 is 1.02 bits per heavy atom. The third kappa shape index (κ3) is 5.81. The number of aromatic nitrogens is 5. The van der Waals surface area contributed by atoms with Crippen LogP contribution in [0.3, 0.4) is 0 Å². The van der Waals surface area contributed by atoms with Crippen LogP contribution in [-0.4, -0.2) is 62.4 Å². The molecule has 2 N–H and O–H groups in total. The topological polar surface area (TPSA) is 112 Å². The normalized spacial score (nSPS) is 11.3. The smallest absolute Gasteiger partial charge is 0.185 e. The molecule has 0 fully saturated rings. The van der Waals surface area contributed by atoms with E-state index in [1.54, 1.807) is 30.7 Å². The van der Waals surface area contributed by atoms with Crippen LogP contribution >= 0.6 is 0 Å². The van der Waals surface area contributed by atoms with Crippen molar-refractivity contribution in [2.45, 2.75) is 12.8 Å². The SMILES string of the molecule is CN(C)CCOc1cccnc1CCC(=O)c1nc(-c2ccc3ncn(C)c3c2)c(-c2ccc(F)cc2)nc1N. The predicted molar refractivity (Wildman–Crippen MR) is 152 cm³/mol. The van der Waals surface area contributed by atoms with Gasteiger partial charge in [0.15, 0.2) is 11.6 Å². The van der Waals surface area contributed by atoms with E-state index >= 15 is 0 Å². The first-order valence-electron chi connectivity index (χ1n) is 12.9. The Hall–Kier alpha value is -4.70. The minimum absolute atomic E-state index is 0.0122. The fourth-order valence-corrected chi connectivity index (χ4v) is 4.37. The Morgan fingerprint density at radius 2 is 1.77 bits per heavy atom. The fraction of sp³-hybridized carbons (Fsp3) is 0.233. The molecule has 0 aliphatic carbocycles. The van der Waals surface area contributed by atoms with E-state index in [-0.39, 0.29) is 29.5 Å². The number of hydrogen-bond donors (Lipinski definition) is 1. The van der Waals surface area contributed by atoms with E-state index in [0.717, 1.165) is 23.1 Å². The number of likely N-dealkylation sites (N-methyl/N-ethyl adjacent to an activating group) is 1. The molecule has 0 amide bonds. The molecule has 0 aliphatic heterocycles. The van der Waals surface area contributed by atoms with Gasteiger partial charge in [0, 0.05) is 43.8 Å². The number of ether oxygens (including phenoxy) is 1. The number of rotatable bonds is 10. The molecule has 40 heavy (non-hydrogen) atoms. The first-order chi connectivity index (χ1) is 19.3. The van der Waals surface area contributed by atoms with Crippen molar-refractivity contribution < 1.29 is 13.9 Å². The molecule has 3 heterocycles. The van der Waals surface area contributed by atoms with Gasteiger partial charge in [0.2, 0.25) is 0 Å². The maximum absolute atomic E-state index is 13.7. The first kappa shape index (κ1) is 26.9. The van der Waals surface area contributed by atoms with Crippen LogP contribution in [0.1, 0.15) is 22.6 Å². The van der Waals surface area contributed by atoms with E-state index in [1.807, 2.05) is 54.9 Å². The highest BCUT2D eigenvalue weighted by Gasteiger charge is 2.21. The lowest BCUT2D eigenvalue weighted by molar-refractivity contribution is 0.0978. The number of imidazole rings is 1. The number of nitrogens with zero attached hydrogens (tertiary/aromatic N) is 6. The molecule has 0 saturated carbocycles. The number of aryl methyl sites for hydroxylation is 2. The van der Waals surface area contributed by atoms with Gasteiger partial charge in [-0.3, -0.25) is 9.78 Å². The zero-order valence-corrected chi connectivity index (χ0v) is 22.6. The van der Waals surface area contributed by atoms with Crippen LogP contribution in [0.2, 0.25) is 0 Å². The Kier molecular flexibility index (Phi) is 7.79. The maximum atomic E-state index is 13.7. The highest BCUT2D eigenvalue weighted by atomic mass is 19.1. The van der Waals surface area contributed by atoms with Crippen molar-refractivity contribution in [2.75, 3.05) is 33.0 Å². The number of halogens is 1. The second kappa shape index (κ2) is 11.6. The van der Waals surface area contributed by atoms with Gasteiger partial charge in [-0.05, 0) is 62.6 Å². The highest BCUT2D eigenvalue weighted by molar-refractivity contribution is 6.00. The lowest BCUT2D eigenvalue weighted by Crippen LogP contribution is -2.20. The molecule has 0 aliphatic rings. The van der Waals surface area contributed by atoms with Crippen molar-refractivity contribution in [3.05, 3.63) is 84.3 Å². The van der Waals surface area contributed by atoms with Gasteiger partial charge in [-0.25, -0.2) is 19.3 Å². The molecular formula is C30H30FN7O2. The number of hydrogen-bond acceptors (Lipinski definition) is 8. The number of fused-ring (bicyclic) bond motifs is 1. The minimum Gasteiger partial charge on any atom is -0.490 e. The molecule has 0 bridgehead atoms. The van der Waals surface area contributed by atoms with Crippen molar-refractivity contribution in [3.63, 3.8) is 0 Å². The molecule has 2 aromatic carbocycles. The number of nitrogen functional groups attached to an aromatic ring is 1. The van der Waals surface area contributed by atoms with E-state index in [4.69, 9.17) is 15.5 Å². The summed E-state index contributed by atoms with van der Waals surface area (Å²) in [5.74, 6) is 0.0310. The molecule has 0 spiro atoms. The summed E-state index contributed by atoms with van der Waals surface area (Å²) in [6.45, 7) is 1.26. The van der Waals surface area contributed by atoms with Crippen molar-refractivity contribution in [2.24, 2.45) is 7.05 Å². The monoisotopic (exact) mass is 539 g/mol. The molecule has 0 unspecified atom stereocenters. The number of anilines is 1. The average Bonchev–Trinajstić information content (AvgIpc) is 3.32. The van der Waals surface area contributed by atoms with E-state index in [1.165, 1.54) is 12.1 Å². The summed E-state index contributed by atoms with van der Waals surface area (Å²) in [6.07, 6.45) is 3.89. The van der Waals surface area contributed by atoms with Crippen molar-refractivity contribution in [3.8, 4) is 28.3 Å². The number of ketones is 1. The summed E-state index contributed by atoms with van der Waals surface area (Å²) in [7, 11) is 5.85. The van der Waals surface area contributed by atoms with Crippen LogP contribution in [0.15, 0.2) is 67.1 Å².